The molecule has 0 bridgehead atoms. The van der Waals surface area contributed by atoms with Gasteiger partial charge in [0, 0.05) is 12.6 Å². The minimum absolute atomic E-state index is 0.150. The van der Waals surface area contributed by atoms with E-state index >= 15 is 0 Å². The van der Waals surface area contributed by atoms with Gasteiger partial charge in [-0.2, -0.15) is 0 Å². The second kappa shape index (κ2) is 2.21. The van der Waals surface area contributed by atoms with E-state index in [2.05, 4.69) is 5.32 Å². The normalized spacial score (nSPS) is 26.3. The lowest BCUT2D eigenvalue weighted by atomic mass is 10.1. The van der Waals surface area contributed by atoms with Gasteiger partial charge in [0.25, 0.3) is 0 Å². The molecular weight excluding hydrogens is 140 g/mol. The first-order chi connectivity index (χ1) is 5.27. The highest BCUT2D eigenvalue weighted by Gasteiger charge is 2.49. The smallest absolute Gasteiger partial charge is 0.227 e. The lowest BCUT2D eigenvalue weighted by molar-refractivity contribution is -0.126. The molecule has 0 radical (unpaired) electrons. The van der Waals surface area contributed by atoms with Gasteiger partial charge in [-0.3, -0.25) is 4.79 Å². The van der Waals surface area contributed by atoms with Crippen molar-refractivity contribution in [3.63, 3.8) is 0 Å². The fourth-order valence-corrected chi connectivity index (χ4v) is 1.24. The lowest BCUT2D eigenvalue weighted by Gasteiger charge is -2.11. The third-order valence-electron chi connectivity index (χ3n) is 2.64. The molecule has 3 heteroatoms. The Morgan fingerprint density at radius 1 is 1.55 bits per heavy atom. The molecule has 2 rings (SSSR count). The zero-order chi connectivity index (χ0) is 7.90. The van der Waals surface area contributed by atoms with Gasteiger partial charge in [0.1, 0.15) is 0 Å². The Kier molecular flexibility index (Phi) is 1.42. The summed E-state index contributed by atoms with van der Waals surface area (Å²) < 4.78 is 0. The van der Waals surface area contributed by atoms with Crippen molar-refractivity contribution in [1.82, 2.24) is 5.32 Å². The van der Waals surface area contributed by atoms with Crippen molar-refractivity contribution >= 4 is 5.91 Å². The highest BCUT2D eigenvalue weighted by Crippen LogP contribution is 2.45. The van der Waals surface area contributed by atoms with Crippen molar-refractivity contribution in [2.75, 3.05) is 6.54 Å². The number of carbonyl (C=O) groups excluding carboxylic acids is 1. The molecule has 0 heterocycles. The van der Waals surface area contributed by atoms with E-state index in [9.17, 15) is 4.79 Å². The number of amides is 1. The Bertz CT molecular complexity index is 183. The van der Waals surface area contributed by atoms with Crippen LogP contribution in [0.2, 0.25) is 0 Å². The van der Waals surface area contributed by atoms with E-state index in [1.54, 1.807) is 0 Å². The zero-order valence-corrected chi connectivity index (χ0v) is 6.60. The van der Waals surface area contributed by atoms with E-state index < -0.39 is 0 Å². The van der Waals surface area contributed by atoms with Crippen molar-refractivity contribution in [1.29, 1.82) is 0 Å². The van der Waals surface area contributed by atoms with Gasteiger partial charge in [-0.05, 0) is 25.7 Å². The predicted octanol–water partition coefficient (Wildman–Crippen LogP) is 0.00390. The fourth-order valence-electron chi connectivity index (χ4n) is 1.24. The number of hydrogen-bond acceptors (Lipinski definition) is 2. The monoisotopic (exact) mass is 154 g/mol. The molecule has 3 nitrogen and oxygen atoms in total. The van der Waals surface area contributed by atoms with Gasteiger partial charge in [-0.15, -0.1) is 0 Å². The third kappa shape index (κ3) is 1.25. The van der Waals surface area contributed by atoms with Crippen molar-refractivity contribution in [2.24, 2.45) is 11.1 Å². The Hall–Kier alpha value is -0.570. The Labute approximate surface area is 66.3 Å². The first-order valence-corrected chi connectivity index (χ1v) is 4.28. The van der Waals surface area contributed by atoms with Crippen molar-refractivity contribution in [2.45, 2.75) is 31.7 Å². The van der Waals surface area contributed by atoms with Gasteiger partial charge in [-0.25, -0.2) is 0 Å². The Morgan fingerprint density at radius 3 is 2.55 bits per heavy atom. The molecule has 0 aromatic rings. The third-order valence-corrected chi connectivity index (χ3v) is 2.64. The molecule has 62 valence electrons. The predicted molar refractivity (Wildman–Crippen MR) is 41.9 cm³/mol. The Morgan fingerprint density at radius 2 is 2.18 bits per heavy atom. The molecule has 0 saturated heterocycles. The summed E-state index contributed by atoms with van der Waals surface area (Å²) in [5.41, 5.74) is 5.35. The van der Waals surface area contributed by atoms with Gasteiger partial charge < -0.3 is 11.1 Å². The molecule has 2 aliphatic carbocycles. The highest BCUT2D eigenvalue weighted by atomic mass is 16.2. The quantitative estimate of drug-likeness (QED) is 0.601. The second-order valence-electron chi connectivity index (χ2n) is 3.73. The molecule has 2 saturated carbocycles. The van der Waals surface area contributed by atoms with Crippen LogP contribution in [-0.2, 0) is 4.79 Å². The van der Waals surface area contributed by atoms with Crippen molar-refractivity contribution in [3.05, 3.63) is 0 Å². The van der Waals surface area contributed by atoms with Gasteiger partial charge >= 0.3 is 0 Å². The van der Waals surface area contributed by atoms with Crippen LogP contribution in [0.15, 0.2) is 0 Å². The summed E-state index contributed by atoms with van der Waals surface area (Å²) in [4.78, 5) is 11.4. The summed E-state index contributed by atoms with van der Waals surface area (Å²) in [6.45, 7) is 0.519. The molecule has 0 aromatic heterocycles. The summed E-state index contributed by atoms with van der Waals surface area (Å²) in [5.74, 6) is 0.197. The number of nitrogens with one attached hydrogen (secondary N) is 1. The SMILES string of the molecule is NCC1(C(=O)NC2CC2)CC1. The van der Waals surface area contributed by atoms with Crippen LogP contribution in [0, 0.1) is 5.41 Å². The minimum atomic E-state index is -0.150. The molecule has 2 aliphatic rings. The molecule has 3 N–H and O–H groups in total. The van der Waals surface area contributed by atoms with E-state index in [0.29, 0.717) is 12.6 Å². The first kappa shape index (κ1) is 7.10. The average Bonchev–Trinajstić information content (AvgIpc) is 2.84. The molecule has 0 spiro atoms. The van der Waals surface area contributed by atoms with Gasteiger partial charge in [0.15, 0.2) is 0 Å². The van der Waals surface area contributed by atoms with Crippen LogP contribution >= 0.6 is 0 Å². The minimum Gasteiger partial charge on any atom is -0.353 e. The molecule has 0 aliphatic heterocycles. The van der Waals surface area contributed by atoms with Gasteiger partial charge in [0.05, 0.1) is 5.41 Å². The molecule has 0 unspecified atom stereocenters. The first-order valence-electron chi connectivity index (χ1n) is 4.28. The zero-order valence-electron chi connectivity index (χ0n) is 6.60. The van der Waals surface area contributed by atoms with Gasteiger partial charge in [0.2, 0.25) is 5.91 Å². The van der Waals surface area contributed by atoms with E-state index in [0.717, 1.165) is 25.7 Å². The van der Waals surface area contributed by atoms with Crippen LogP contribution in [0.5, 0.6) is 0 Å². The van der Waals surface area contributed by atoms with E-state index in [1.807, 2.05) is 0 Å². The fraction of sp³-hybridized carbons (Fsp3) is 0.875. The number of nitrogens with two attached hydrogens (primary N) is 1. The topological polar surface area (TPSA) is 55.1 Å². The van der Waals surface area contributed by atoms with Crippen LogP contribution in [-0.4, -0.2) is 18.5 Å². The summed E-state index contributed by atoms with van der Waals surface area (Å²) in [6.07, 6.45) is 4.29. The highest BCUT2D eigenvalue weighted by molar-refractivity contribution is 5.86. The largest absolute Gasteiger partial charge is 0.353 e. The maximum Gasteiger partial charge on any atom is 0.227 e. The Balaban J connectivity index is 1.87. The van der Waals surface area contributed by atoms with E-state index in [4.69, 9.17) is 5.73 Å². The molecule has 0 atom stereocenters. The summed E-state index contributed by atoms with van der Waals surface area (Å²) in [6, 6.07) is 0.478. The second-order valence-corrected chi connectivity index (χ2v) is 3.73. The molecule has 11 heavy (non-hydrogen) atoms. The molecule has 0 aromatic carbocycles. The van der Waals surface area contributed by atoms with Crippen molar-refractivity contribution < 1.29 is 4.79 Å². The van der Waals surface area contributed by atoms with Crippen molar-refractivity contribution in [3.8, 4) is 0 Å². The summed E-state index contributed by atoms with van der Waals surface area (Å²) in [7, 11) is 0. The molecular formula is C8H14N2O. The van der Waals surface area contributed by atoms with Crippen LogP contribution < -0.4 is 11.1 Å². The van der Waals surface area contributed by atoms with Gasteiger partial charge in [-0.1, -0.05) is 0 Å². The van der Waals surface area contributed by atoms with Crippen LogP contribution in [0.1, 0.15) is 25.7 Å². The van der Waals surface area contributed by atoms with E-state index in [1.165, 1.54) is 0 Å². The number of rotatable bonds is 3. The number of carbonyl (C=O) groups is 1. The summed E-state index contributed by atoms with van der Waals surface area (Å²) >= 11 is 0. The lowest BCUT2D eigenvalue weighted by Crippen LogP contribution is -2.37. The standard InChI is InChI=1S/C8H14N2O/c9-5-8(3-4-8)7(11)10-6-1-2-6/h6H,1-5,9H2,(H,10,11). The van der Waals surface area contributed by atoms with E-state index in [-0.39, 0.29) is 11.3 Å². The molecule has 1 amide bonds. The number of hydrogen-bond donors (Lipinski definition) is 2. The molecule has 2 fully saturated rings. The van der Waals surface area contributed by atoms with Crippen LogP contribution in [0.3, 0.4) is 0 Å². The van der Waals surface area contributed by atoms with Crippen LogP contribution in [0.4, 0.5) is 0 Å². The maximum atomic E-state index is 11.4. The maximum absolute atomic E-state index is 11.4. The van der Waals surface area contributed by atoms with Crippen LogP contribution in [0.25, 0.3) is 0 Å². The summed E-state index contributed by atoms with van der Waals surface area (Å²) in [5, 5.41) is 2.99. The average molecular weight is 154 g/mol.